The first-order chi connectivity index (χ1) is 13.1. The second-order valence-corrected chi connectivity index (χ2v) is 6.14. The standard InChI is InChI=1S/C17H16F6N4O/c18-16(19,20)12-7-11(8-13(9-12)17(21,22)23)10-28-15-25-2-1-14(26-15)27-5-3-24-4-6-27/h1-2,7-9,24H,3-6,10H2. The molecule has 2 aromatic rings. The molecule has 11 heteroatoms. The number of anilines is 1. The van der Waals surface area contributed by atoms with Crippen LogP contribution >= 0.6 is 0 Å². The van der Waals surface area contributed by atoms with E-state index in [9.17, 15) is 26.3 Å². The topological polar surface area (TPSA) is 50.3 Å². The first-order valence-corrected chi connectivity index (χ1v) is 8.33. The molecule has 1 aromatic heterocycles. The van der Waals surface area contributed by atoms with Crippen molar-refractivity contribution in [3.63, 3.8) is 0 Å². The molecule has 1 fully saturated rings. The van der Waals surface area contributed by atoms with Crippen LogP contribution in [0.4, 0.5) is 32.2 Å². The molecule has 3 rings (SSSR count). The van der Waals surface area contributed by atoms with Crippen molar-refractivity contribution in [3.05, 3.63) is 47.2 Å². The third-order valence-corrected chi connectivity index (χ3v) is 4.08. The third-order valence-electron chi connectivity index (χ3n) is 4.08. The minimum absolute atomic E-state index is 0.0744. The Morgan fingerprint density at radius 1 is 0.964 bits per heavy atom. The van der Waals surface area contributed by atoms with Crippen molar-refractivity contribution in [1.29, 1.82) is 0 Å². The van der Waals surface area contributed by atoms with Gasteiger partial charge in [0, 0.05) is 32.4 Å². The second-order valence-electron chi connectivity index (χ2n) is 6.14. The quantitative estimate of drug-likeness (QED) is 0.788. The van der Waals surface area contributed by atoms with Gasteiger partial charge in [-0.25, -0.2) is 4.98 Å². The summed E-state index contributed by atoms with van der Waals surface area (Å²) < 4.78 is 82.7. The average Bonchev–Trinajstić information content (AvgIpc) is 2.66. The van der Waals surface area contributed by atoms with Gasteiger partial charge in [-0.1, -0.05) is 0 Å². The fourth-order valence-electron chi connectivity index (χ4n) is 2.72. The molecule has 1 aliphatic heterocycles. The molecule has 1 aromatic carbocycles. The maximum atomic E-state index is 12.9. The number of hydrogen-bond donors (Lipinski definition) is 1. The molecule has 0 radical (unpaired) electrons. The van der Waals surface area contributed by atoms with Crippen molar-refractivity contribution in [2.75, 3.05) is 31.1 Å². The van der Waals surface area contributed by atoms with Crippen molar-refractivity contribution in [1.82, 2.24) is 15.3 Å². The highest BCUT2D eigenvalue weighted by atomic mass is 19.4. The van der Waals surface area contributed by atoms with Gasteiger partial charge in [0.2, 0.25) is 0 Å². The maximum Gasteiger partial charge on any atom is 0.416 e. The Kier molecular flexibility index (Phi) is 5.64. The molecule has 28 heavy (non-hydrogen) atoms. The van der Waals surface area contributed by atoms with Gasteiger partial charge in [-0.05, 0) is 29.8 Å². The number of hydrogen-bond acceptors (Lipinski definition) is 5. The molecule has 0 amide bonds. The van der Waals surface area contributed by atoms with Crippen molar-refractivity contribution in [3.8, 4) is 6.01 Å². The number of halogens is 6. The number of benzene rings is 1. The molecule has 0 spiro atoms. The number of aromatic nitrogens is 2. The summed E-state index contributed by atoms with van der Waals surface area (Å²) in [5.41, 5.74) is -3.06. The minimum atomic E-state index is -4.91. The lowest BCUT2D eigenvalue weighted by Crippen LogP contribution is -2.43. The second kappa shape index (κ2) is 7.82. The first kappa shape index (κ1) is 20.2. The van der Waals surface area contributed by atoms with Crippen LogP contribution in [0.5, 0.6) is 6.01 Å². The molecule has 1 saturated heterocycles. The van der Waals surface area contributed by atoms with Crippen molar-refractivity contribution < 1.29 is 31.1 Å². The van der Waals surface area contributed by atoms with E-state index < -0.39 is 30.1 Å². The van der Waals surface area contributed by atoms with Gasteiger partial charge in [-0.15, -0.1) is 0 Å². The molecule has 1 N–H and O–H groups in total. The lowest BCUT2D eigenvalue weighted by molar-refractivity contribution is -0.143. The van der Waals surface area contributed by atoms with Crippen LogP contribution < -0.4 is 15.0 Å². The molecule has 2 heterocycles. The van der Waals surface area contributed by atoms with E-state index in [1.165, 1.54) is 6.20 Å². The zero-order chi connectivity index (χ0) is 20.4. The van der Waals surface area contributed by atoms with Crippen LogP contribution in [0.25, 0.3) is 0 Å². The van der Waals surface area contributed by atoms with E-state index in [-0.39, 0.29) is 17.6 Å². The number of rotatable bonds is 4. The summed E-state index contributed by atoms with van der Waals surface area (Å²) in [6.45, 7) is 2.42. The Balaban J connectivity index is 1.78. The lowest BCUT2D eigenvalue weighted by atomic mass is 10.1. The highest BCUT2D eigenvalue weighted by Gasteiger charge is 2.36. The first-order valence-electron chi connectivity index (χ1n) is 8.33. The van der Waals surface area contributed by atoms with Gasteiger partial charge < -0.3 is 15.0 Å². The predicted molar refractivity (Wildman–Crippen MR) is 87.9 cm³/mol. The van der Waals surface area contributed by atoms with Gasteiger partial charge in [0.15, 0.2) is 0 Å². The fraction of sp³-hybridized carbons (Fsp3) is 0.412. The molecular formula is C17H16F6N4O. The molecule has 0 aliphatic carbocycles. The molecule has 0 unspecified atom stereocenters. The lowest BCUT2D eigenvalue weighted by Gasteiger charge is -2.28. The van der Waals surface area contributed by atoms with Crippen molar-refractivity contribution in [2.45, 2.75) is 19.0 Å². The van der Waals surface area contributed by atoms with Crippen LogP contribution in [0.3, 0.4) is 0 Å². The van der Waals surface area contributed by atoms with Crippen molar-refractivity contribution >= 4 is 5.82 Å². The van der Waals surface area contributed by atoms with E-state index in [2.05, 4.69) is 15.3 Å². The zero-order valence-corrected chi connectivity index (χ0v) is 14.4. The van der Waals surface area contributed by atoms with Crippen LogP contribution in [0, 0.1) is 0 Å². The molecule has 0 saturated carbocycles. The van der Waals surface area contributed by atoms with Gasteiger partial charge in [-0.3, -0.25) is 0 Å². The Labute approximate surface area is 156 Å². The summed E-state index contributed by atoms with van der Waals surface area (Å²) in [7, 11) is 0. The largest absolute Gasteiger partial charge is 0.459 e. The number of nitrogens with zero attached hydrogens (tertiary/aromatic N) is 3. The SMILES string of the molecule is FC(F)(F)c1cc(COc2nccc(N3CCNCC3)n2)cc(C(F)(F)F)c1. The third kappa shape index (κ3) is 5.03. The summed E-state index contributed by atoms with van der Waals surface area (Å²) in [5, 5.41) is 3.18. The molecule has 152 valence electrons. The highest BCUT2D eigenvalue weighted by molar-refractivity contribution is 5.39. The number of piperazine rings is 1. The smallest absolute Gasteiger partial charge is 0.416 e. The van der Waals surface area contributed by atoms with E-state index in [0.29, 0.717) is 31.0 Å². The average molecular weight is 406 g/mol. The summed E-state index contributed by atoms with van der Waals surface area (Å²) in [6, 6.07) is 2.85. The summed E-state index contributed by atoms with van der Waals surface area (Å²) >= 11 is 0. The Bertz CT molecular complexity index is 786. The van der Waals surface area contributed by atoms with Crippen LogP contribution in [0.2, 0.25) is 0 Å². The van der Waals surface area contributed by atoms with Crippen LogP contribution in [0.15, 0.2) is 30.5 Å². The highest BCUT2D eigenvalue weighted by Crippen LogP contribution is 2.36. The van der Waals surface area contributed by atoms with E-state index in [1.807, 2.05) is 4.90 Å². The molecule has 1 aliphatic rings. The molecule has 0 bridgehead atoms. The normalized spacial score (nSPS) is 15.6. The van der Waals surface area contributed by atoms with Gasteiger partial charge in [0.05, 0.1) is 11.1 Å². The van der Waals surface area contributed by atoms with Crippen LogP contribution in [-0.4, -0.2) is 36.1 Å². The van der Waals surface area contributed by atoms with Gasteiger partial charge in [0.1, 0.15) is 12.4 Å². The number of nitrogens with one attached hydrogen (secondary N) is 1. The zero-order valence-electron chi connectivity index (χ0n) is 14.4. The maximum absolute atomic E-state index is 12.9. The summed E-state index contributed by atoms with van der Waals surface area (Å²) in [4.78, 5) is 10.0. The van der Waals surface area contributed by atoms with Gasteiger partial charge in [-0.2, -0.15) is 31.3 Å². The van der Waals surface area contributed by atoms with Gasteiger partial charge >= 0.3 is 18.4 Å². The van der Waals surface area contributed by atoms with Crippen LogP contribution in [0.1, 0.15) is 16.7 Å². The monoisotopic (exact) mass is 406 g/mol. The molecular weight excluding hydrogens is 390 g/mol. The van der Waals surface area contributed by atoms with E-state index in [4.69, 9.17) is 4.74 Å². The van der Waals surface area contributed by atoms with E-state index in [1.54, 1.807) is 6.07 Å². The molecule has 5 nitrogen and oxygen atoms in total. The molecule has 0 atom stereocenters. The summed E-state index contributed by atoms with van der Waals surface area (Å²) in [6.07, 6.45) is -8.39. The Morgan fingerprint density at radius 3 is 2.14 bits per heavy atom. The fourth-order valence-corrected chi connectivity index (χ4v) is 2.72. The number of alkyl halides is 6. The number of ether oxygens (including phenoxy) is 1. The van der Waals surface area contributed by atoms with E-state index in [0.717, 1.165) is 13.1 Å². The summed E-state index contributed by atoms with van der Waals surface area (Å²) in [5.74, 6) is 0.575. The predicted octanol–water partition coefficient (Wildman–Crippen LogP) is 3.50. The van der Waals surface area contributed by atoms with E-state index >= 15 is 0 Å². The minimum Gasteiger partial charge on any atom is -0.459 e. The Hall–Kier alpha value is -2.56. The van der Waals surface area contributed by atoms with Gasteiger partial charge in [0.25, 0.3) is 0 Å². The Morgan fingerprint density at radius 2 is 1.57 bits per heavy atom. The van der Waals surface area contributed by atoms with Crippen molar-refractivity contribution in [2.24, 2.45) is 0 Å². The van der Waals surface area contributed by atoms with Crippen LogP contribution in [-0.2, 0) is 19.0 Å².